The largest absolute Gasteiger partial charge is 0.491 e. The lowest BCUT2D eigenvalue weighted by Gasteiger charge is -2.05. The van der Waals surface area contributed by atoms with Gasteiger partial charge in [0.2, 0.25) is 0 Å². The quantitative estimate of drug-likeness (QED) is 0.891. The molecule has 0 bridgehead atoms. The number of thiophene rings is 1. The normalized spacial score (nSPS) is 13.2. The van der Waals surface area contributed by atoms with Gasteiger partial charge in [-0.3, -0.25) is 4.79 Å². The van der Waals surface area contributed by atoms with Crippen LogP contribution in [0.4, 0.5) is 0 Å². The number of amides is 1. The molecule has 90 valence electrons. The lowest BCUT2D eigenvalue weighted by molar-refractivity contribution is 0.100. The number of hydrogen-bond acceptors (Lipinski definition) is 3. The van der Waals surface area contributed by atoms with E-state index in [2.05, 4.69) is 12.2 Å². The summed E-state index contributed by atoms with van der Waals surface area (Å²) in [5.74, 6) is 0.220. The number of allylic oxidation sites excluding steroid dienone is 2. The molecule has 0 spiro atoms. The zero-order valence-corrected chi connectivity index (χ0v) is 10.5. The van der Waals surface area contributed by atoms with E-state index < -0.39 is 5.91 Å². The highest BCUT2D eigenvalue weighted by Gasteiger charge is 2.20. The Morgan fingerprint density at radius 2 is 2.24 bits per heavy atom. The summed E-state index contributed by atoms with van der Waals surface area (Å²) in [5.41, 5.74) is 6.36. The molecule has 0 saturated carbocycles. The average molecular weight is 249 g/mol. The van der Waals surface area contributed by atoms with Crippen LogP contribution >= 0.6 is 11.3 Å². The maximum absolute atomic E-state index is 11.4. The fraction of sp³-hybridized carbons (Fsp3) is 0.308. The summed E-state index contributed by atoms with van der Waals surface area (Å²) < 4.78 is 5.67. The molecule has 1 aromatic heterocycles. The summed E-state index contributed by atoms with van der Waals surface area (Å²) in [7, 11) is 0. The molecule has 3 nitrogen and oxygen atoms in total. The van der Waals surface area contributed by atoms with Crippen LogP contribution in [-0.4, -0.2) is 12.5 Å². The van der Waals surface area contributed by atoms with Gasteiger partial charge in [0.1, 0.15) is 4.88 Å². The number of carbonyl (C=O) groups excluding carboxylic acids is 1. The number of hydrogen-bond donors (Lipinski definition) is 1. The molecule has 1 aliphatic carbocycles. The molecule has 1 aromatic rings. The third-order valence-corrected chi connectivity index (χ3v) is 3.60. The molecule has 0 radical (unpaired) electrons. The topological polar surface area (TPSA) is 52.3 Å². The minimum atomic E-state index is -0.420. The third-order valence-electron chi connectivity index (χ3n) is 2.43. The molecule has 0 atom stereocenters. The summed E-state index contributed by atoms with van der Waals surface area (Å²) in [4.78, 5) is 12.9. The maximum atomic E-state index is 11.4. The minimum Gasteiger partial charge on any atom is -0.491 e. The molecule has 0 aromatic carbocycles. The standard InChI is InChI=1S/C13H15NO2S/c1-2-8-16-11-9-6-4-3-5-7-10(9)17-12(11)13(14)15/h4-7H,2-3,8H2,1H3,(H2,14,15). The van der Waals surface area contributed by atoms with E-state index in [1.807, 2.05) is 19.1 Å². The highest BCUT2D eigenvalue weighted by Crippen LogP contribution is 2.38. The van der Waals surface area contributed by atoms with Gasteiger partial charge in [0, 0.05) is 10.4 Å². The van der Waals surface area contributed by atoms with Gasteiger partial charge in [-0.05, 0) is 18.9 Å². The zero-order chi connectivity index (χ0) is 12.3. The second kappa shape index (κ2) is 5.19. The van der Waals surface area contributed by atoms with Crippen LogP contribution in [0.25, 0.3) is 12.2 Å². The summed E-state index contributed by atoms with van der Waals surface area (Å²) >= 11 is 1.40. The number of fused-ring (bicyclic) bond motifs is 1. The van der Waals surface area contributed by atoms with Crippen LogP contribution in [0.2, 0.25) is 0 Å². The predicted molar refractivity (Wildman–Crippen MR) is 71.3 cm³/mol. The Labute approximate surface area is 105 Å². The highest BCUT2D eigenvalue weighted by atomic mass is 32.1. The van der Waals surface area contributed by atoms with E-state index in [0.29, 0.717) is 17.2 Å². The predicted octanol–water partition coefficient (Wildman–Crippen LogP) is 3.07. The van der Waals surface area contributed by atoms with Crippen LogP contribution in [0.1, 0.15) is 39.9 Å². The van der Waals surface area contributed by atoms with Crippen LogP contribution in [0.15, 0.2) is 12.2 Å². The minimum absolute atomic E-state index is 0.420. The van der Waals surface area contributed by atoms with E-state index in [0.717, 1.165) is 23.3 Å². The average Bonchev–Trinajstić information content (AvgIpc) is 2.50. The van der Waals surface area contributed by atoms with Gasteiger partial charge >= 0.3 is 0 Å². The SMILES string of the molecule is CCCOc1c(C(N)=O)sc2c1C=CCC=C2. The van der Waals surface area contributed by atoms with Gasteiger partial charge in [0.25, 0.3) is 5.91 Å². The van der Waals surface area contributed by atoms with Gasteiger partial charge in [-0.25, -0.2) is 0 Å². The molecule has 1 heterocycles. The Morgan fingerprint density at radius 1 is 1.47 bits per heavy atom. The smallest absolute Gasteiger partial charge is 0.262 e. The van der Waals surface area contributed by atoms with E-state index in [4.69, 9.17) is 10.5 Å². The molecule has 1 aliphatic rings. The van der Waals surface area contributed by atoms with Gasteiger partial charge in [0.15, 0.2) is 5.75 Å². The summed E-state index contributed by atoms with van der Waals surface area (Å²) in [5, 5.41) is 0. The fourth-order valence-electron chi connectivity index (χ4n) is 1.68. The monoisotopic (exact) mass is 249 g/mol. The number of nitrogens with two attached hydrogens (primary N) is 1. The molecule has 1 amide bonds. The Hall–Kier alpha value is -1.55. The second-order valence-electron chi connectivity index (χ2n) is 3.79. The van der Waals surface area contributed by atoms with Crippen molar-refractivity contribution in [1.82, 2.24) is 0 Å². The Morgan fingerprint density at radius 3 is 2.94 bits per heavy atom. The van der Waals surface area contributed by atoms with Crippen molar-refractivity contribution in [2.45, 2.75) is 19.8 Å². The van der Waals surface area contributed by atoms with Crippen LogP contribution in [0.3, 0.4) is 0 Å². The molecular weight excluding hydrogens is 234 g/mol. The van der Waals surface area contributed by atoms with Crippen LogP contribution in [-0.2, 0) is 0 Å². The van der Waals surface area contributed by atoms with Crippen molar-refractivity contribution in [2.24, 2.45) is 5.73 Å². The van der Waals surface area contributed by atoms with Crippen LogP contribution < -0.4 is 10.5 Å². The first-order chi connectivity index (χ1) is 8.24. The van der Waals surface area contributed by atoms with Gasteiger partial charge in [-0.15, -0.1) is 11.3 Å². The second-order valence-corrected chi connectivity index (χ2v) is 4.84. The first-order valence-corrected chi connectivity index (χ1v) is 6.48. The summed E-state index contributed by atoms with van der Waals surface area (Å²) in [6.07, 6.45) is 9.95. The van der Waals surface area contributed by atoms with Crippen molar-refractivity contribution >= 4 is 29.4 Å². The molecule has 0 saturated heterocycles. The number of carbonyl (C=O) groups is 1. The first-order valence-electron chi connectivity index (χ1n) is 5.66. The van der Waals surface area contributed by atoms with E-state index >= 15 is 0 Å². The van der Waals surface area contributed by atoms with Gasteiger partial charge in [0.05, 0.1) is 6.61 Å². The first kappa shape index (κ1) is 11.9. The number of ether oxygens (including phenoxy) is 1. The summed E-state index contributed by atoms with van der Waals surface area (Å²) in [6, 6.07) is 0. The van der Waals surface area contributed by atoms with Crippen molar-refractivity contribution < 1.29 is 9.53 Å². The Bertz CT molecular complexity index is 486. The van der Waals surface area contributed by atoms with Crippen molar-refractivity contribution in [3.8, 4) is 5.75 Å². The number of rotatable bonds is 4. The molecule has 0 fully saturated rings. The van der Waals surface area contributed by atoms with E-state index in [9.17, 15) is 4.79 Å². The highest BCUT2D eigenvalue weighted by molar-refractivity contribution is 7.15. The van der Waals surface area contributed by atoms with Gasteiger partial charge in [-0.1, -0.05) is 25.2 Å². The lowest BCUT2D eigenvalue weighted by atomic mass is 10.2. The van der Waals surface area contributed by atoms with E-state index in [-0.39, 0.29) is 0 Å². The maximum Gasteiger partial charge on any atom is 0.262 e. The molecule has 2 N–H and O–H groups in total. The number of primary amides is 1. The zero-order valence-electron chi connectivity index (χ0n) is 9.73. The van der Waals surface area contributed by atoms with Crippen LogP contribution in [0.5, 0.6) is 5.75 Å². The molecule has 0 unspecified atom stereocenters. The molecule has 4 heteroatoms. The van der Waals surface area contributed by atoms with Crippen molar-refractivity contribution in [2.75, 3.05) is 6.61 Å². The van der Waals surface area contributed by atoms with Crippen molar-refractivity contribution in [1.29, 1.82) is 0 Å². The molecule has 17 heavy (non-hydrogen) atoms. The van der Waals surface area contributed by atoms with Crippen molar-refractivity contribution in [3.63, 3.8) is 0 Å². The lowest BCUT2D eigenvalue weighted by Crippen LogP contribution is -2.11. The van der Waals surface area contributed by atoms with Gasteiger partial charge in [-0.2, -0.15) is 0 Å². The van der Waals surface area contributed by atoms with Crippen molar-refractivity contribution in [3.05, 3.63) is 27.5 Å². The molecular formula is C13H15NO2S. The summed E-state index contributed by atoms with van der Waals surface area (Å²) in [6.45, 7) is 2.63. The molecule has 2 rings (SSSR count). The Kier molecular flexibility index (Phi) is 3.64. The molecule has 0 aliphatic heterocycles. The van der Waals surface area contributed by atoms with E-state index in [1.165, 1.54) is 11.3 Å². The Balaban J connectivity index is 2.48. The van der Waals surface area contributed by atoms with Gasteiger partial charge < -0.3 is 10.5 Å². The van der Waals surface area contributed by atoms with E-state index in [1.54, 1.807) is 0 Å². The van der Waals surface area contributed by atoms with Crippen LogP contribution in [0, 0.1) is 0 Å². The third kappa shape index (κ3) is 2.42. The fourth-order valence-corrected chi connectivity index (χ4v) is 2.69.